The van der Waals surface area contributed by atoms with E-state index in [1.165, 1.54) is 13.0 Å². The van der Waals surface area contributed by atoms with Crippen LogP contribution in [0.25, 0.3) is 5.03 Å². The summed E-state index contributed by atoms with van der Waals surface area (Å²) >= 11 is 6.35. The second kappa shape index (κ2) is 9.82. The van der Waals surface area contributed by atoms with Gasteiger partial charge in [-0.15, -0.1) is 0 Å². The van der Waals surface area contributed by atoms with E-state index in [4.69, 9.17) is 21.8 Å². The third kappa shape index (κ3) is 5.77. The molecule has 0 fully saturated rings. The highest BCUT2D eigenvalue weighted by atomic mass is 35.5. The number of aliphatic carboxylic acids is 2. The molecule has 5 nitrogen and oxygen atoms in total. The number of nitrogens with zero attached hydrogens (tertiary/aromatic N) is 1. The first-order valence-electron chi connectivity index (χ1n) is 8.29. The van der Waals surface area contributed by atoms with Crippen molar-refractivity contribution in [1.29, 1.82) is 0 Å². The standard InChI is InChI=1S/C20H24ClNO4/c1-5-22(6-2)16-9-7-15(8-10-16)17(21)12-13(3)11-14(4)18(19(23)24)20(25)26/h7-12H,5-6H2,1-4H3,(H,23,24)(H,25,26). The van der Waals surface area contributed by atoms with Gasteiger partial charge in [0.25, 0.3) is 0 Å². The fourth-order valence-electron chi connectivity index (χ4n) is 2.59. The number of anilines is 1. The van der Waals surface area contributed by atoms with Crippen LogP contribution in [0.2, 0.25) is 0 Å². The lowest BCUT2D eigenvalue weighted by atomic mass is 10.1. The molecule has 140 valence electrons. The molecule has 0 bridgehead atoms. The van der Waals surface area contributed by atoms with Crippen molar-refractivity contribution in [2.45, 2.75) is 27.7 Å². The van der Waals surface area contributed by atoms with Crippen molar-refractivity contribution < 1.29 is 19.8 Å². The minimum Gasteiger partial charge on any atom is -0.477 e. The molecule has 26 heavy (non-hydrogen) atoms. The summed E-state index contributed by atoms with van der Waals surface area (Å²) in [5.74, 6) is -2.94. The molecular weight excluding hydrogens is 354 g/mol. The van der Waals surface area contributed by atoms with Crippen LogP contribution < -0.4 is 4.90 Å². The monoisotopic (exact) mass is 377 g/mol. The first-order valence-corrected chi connectivity index (χ1v) is 8.67. The summed E-state index contributed by atoms with van der Waals surface area (Å²) in [6.07, 6.45) is 3.17. The predicted molar refractivity (Wildman–Crippen MR) is 106 cm³/mol. The molecule has 0 radical (unpaired) electrons. The minimum atomic E-state index is -1.47. The van der Waals surface area contributed by atoms with Gasteiger partial charge in [-0.25, -0.2) is 9.59 Å². The van der Waals surface area contributed by atoms with Crippen LogP contribution in [-0.4, -0.2) is 35.2 Å². The van der Waals surface area contributed by atoms with E-state index in [2.05, 4.69) is 18.7 Å². The Bertz CT molecular complexity index is 741. The number of hydrogen-bond donors (Lipinski definition) is 2. The number of rotatable bonds is 8. The van der Waals surface area contributed by atoms with E-state index >= 15 is 0 Å². The van der Waals surface area contributed by atoms with E-state index in [1.54, 1.807) is 13.0 Å². The molecular formula is C20H24ClNO4. The summed E-state index contributed by atoms with van der Waals surface area (Å²) < 4.78 is 0. The topological polar surface area (TPSA) is 77.8 Å². The lowest BCUT2D eigenvalue weighted by Crippen LogP contribution is -2.21. The highest BCUT2D eigenvalue weighted by Gasteiger charge is 2.18. The molecule has 0 aliphatic rings. The SMILES string of the molecule is CCN(CC)c1ccc(C(Cl)=CC(C)=CC(C)=C(C(=O)O)C(=O)O)cc1. The zero-order valence-corrected chi connectivity index (χ0v) is 16.2. The molecule has 0 saturated heterocycles. The Morgan fingerprint density at radius 3 is 1.92 bits per heavy atom. The van der Waals surface area contributed by atoms with Gasteiger partial charge in [-0.3, -0.25) is 0 Å². The van der Waals surface area contributed by atoms with E-state index < -0.39 is 17.5 Å². The van der Waals surface area contributed by atoms with Gasteiger partial charge in [-0.05, 0) is 62.6 Å². The van der Waals surface area contributed by atoms with Crippen LogP contribution in [0.5, 0.6) is 0 Å². The number of allylic oxidation sites excluding steroid dienone is 4. The Balaban J connectivity index is 3.10. The first-order chi connectivity index (χ1) is 12.2. The van der Waals surface area contributed by atoms with E-state index in [0.717, 1.165) is 24.3 Å². The Morgan fingerprint density at radius 1 is 1.00 bits per heavy atom. The summed E-state index contributed by atoms with van der Waals surface area (Å²) in [4.78, 5) is 24.3. The van der Waals surface area contributed by atoms with Gasteiger partial charge in [0, 0.05) is 23.8 Å². The average molecular weight is 378 g/mol. The van der Waals surface area contributed by atoms with Gasteiger partial charge in [0.2, 0.25) is 0 Å². The second-order valence-corrected chi connectivity index (χ2v) is 6.18. The summed E-state index contributed by atoms with van der Waals surface area (Å²) in [5, 5.41) is 18.5. The molecule has 0 amide bonds. The molecule has 1 aromatic rings. The van der Waals surface area contributed by atoms with E-state index in [0.29, 0.717) is 10.6 Å². The predicted octanol–water partition coefficient (Wildman–Crippen LogP) is 4.54. The van der Waals surface area contributed by atoms with Crippen LogP contribution in [0, 0.1) is 0 Å². The van der Waals surface area contributed by atoms with Gasteiger partial charge in [0.1, 0.15) is 5.57 Å². The number of benzene rings is 1. The lowest BCUT2D eigenvalue weighted by Gasteiger charge is -2.21. The van der Waals surface area contributed by atoms with Crippen molar-refractivity contribution in [3.63, 3.8) is 0 Å². The molecule has 6 heteroatoms. The van der Waals surface area contributed by atoms with Gasteiger partial charge in [0.05, 0.1) is 0 Å². The molecule has 0 spiro atoms. The third-order valence-corrected chi connectivity index (χ3v) is 4.22. The number of hydrogen-bond acceptors (Lipinski definition) is 3. The number of carboxylic acid groups (broad SMARTS) is 2. The van der Waals surface area contributed by atoms with Crippen molar-refractivity contribution in [2.24, 2.45) is 0 Å². The highest BCUT2D eigenvalue weighted by Crippen LogP contribution is 2.24. The van der Waals surface area contributed by atoms with Gasteiger partial charge < -0.3 is 15.1 Å². The maximum absolute atomic E-state index is 11.0. The van der Waals surface area contributed by atoms with Gasteiger partial charge >= 0.3 is 11.9 Å². The van der Waals surface area contributed by atoms with E-state index in [-0.39, 0.29) is 5.57 Å². The maximum Gasteiger partial charge on any atom is 0.343 e. The number of carboxylic acids is 2. The minimum absolute atomic E-state index is 0.153. The molecule has 0 atom stereocenters. The molecule has 0 aliphatic carbocycles. The molecule has 1 aromatic carbocycles. The summed E-state index contributed by atoms with van der Waals surface area (Å²) in [6.45, 7) is 9.21. The first kappa shape index (κ1) is 21.5. The summed E-state index contributed by atoms with van der Waals surface area (Å²) in [5.41, 5.74) is 2.09. The zero-order chi connectivity index (χ0) is 19.9. The largest absolute Gasteiger partial charge is 0.477 e. The third-order valence-electron chi connectivity index (χ3n) is 3.89. The molecule has 1 rings (SSSR count). The van der Waals surface area contributed by atoms with Gasteiger partial charge in [0.15, 0.2) is 0 Å². The maximum atomic E-state index is 11.0. The molecule has 0 saturated carbocycles. The fourth-order valence-corrected chi connectivity index (χ4v) is 2.89. The van der Waals surface area contributed by atoms with Crippen molar-refractivity contribution in [3.05, 3.63) is 58.7 Å². The van der Waals surface area contributed by atoms with Crippen molar-refractivity contribution in [1.82, 2.24) is 0 Å². The smallest absolute Gasteiger partial charge is 0.343 e. The van der Waals surface area contributed by atoms with Gasteiger partial charge in [-0.2, -0.15) is 0 Å². The quantitative estimate of drug-likeness (QED) is 0.301. The van der Waals surface area contributed by atoms with Crippen LogP contribution in [0.1, 0.15) is 33.3 Å². The van der Waals surface area contributed by atoms with Crippen LogP contribution in [-0.2, 0) is 9.59 Å². The molecule has 0 heterocycles. The Kier molecular flexibility index (Phi) is 8.13. The highest BCUT2D eigenvalue weighted by molar-refractivity contribution is 6.49. The summed E-state index contributed by atoms with van der Waals surface area (Å²) in [7, 11) is 0. The van der Waals surface area contributed by atoms with Crippen LogP contribution in [0.4, 0.5) is 5.69 Å². The fraction of sp³-hybridized carbons (Fsp3) is 0.300. The Labute approximate surface area is 158 Å². The van der Waals surface area contributed by atoms with Crippen molar-refractivity contribution >= 4 is 34.3 Å². The van der Waals surface area contributed by atoms with Crippen molar-refractivity contribution in [3.8, 4) is 0 Å². The molecule has 2 N–H and O–H groups in total. The molecule has 0 unspecified atom stereocenters. The van der Waals surface area contributed by atoms with E-state index in [1.807, 2.05) is 24.3 Å². The summed E-state index contributed by atoms with van der Waals surface area (Å²) in [6, 6.07) is 7.83. The van der Waals surface area contributed by atoms with Crippen LogP contribution >= 0.6 is 11.6 Å². The van der Waals surface area contributed by atoms with Gasteiger partial charge in [-0.1, -0.05) is 29.8 Å². The normalized spacial score (nSPS) is 11.9. The Morgan fingerprint density at radius 2 is 1.50 bits per heavy atom. The average Bonchev–Trinajstić information content (AvgIpc) is 2.55. The Hall–Kier alpha value is -2.53. The van der Waals surface area contributed by atoms with Crippen molar-refractivity contribution in [2.75, 3.05) is 18.0 Å². The number of halogens is 1. The number of carbonyl (C=O) groups is 2. The van der Waals surface area contributed by atoms with Crippen LogP contribution in [0.3, 0.4) is 0 Å². The molecule has 0 aromatic heterocycles. The van der Waals surface area contributed by atoms with E-state index in [9.17, 15) is 9.59 Å². The lowest BCUT2D eigenvalue weighted by molar-refractivity contribution is -0.140. The molecule has 0 aliphatic heterocycles. The second-order valence-electron chi connectivity index (χ2n) is 5.77. The zero-order valence-electron chi connectivity index (χ0n) is 15.4. The van der Waals surface area contributed by atoms with Crippen LogP contribution in [0.15, 0.2) is 53.1 Å².